The van der Waals surface area contributed by atoms with Crippen molar-refractivity contribution in [3.05, 3.63) is 39.3 Å². The van der Waals surface area contributed by atoms with E-state index in [1.807, 2.05) is 26.0 Å². The smallest absolute Gasteiger partial charge is 0.320 e. The molecule has 22 heavy (non-hydrogen) atoms. The average molecular weight is 306 g/mol. The lowest BCUT2D eigenvalue weighted by atomic mass is 9.96. The maximum absolute atomic E-state index is 10.9. The fourth-order valence-corrected chi connectivity index (χ4v) is 2.19. The van der Waals surface area contributed by atoms with Crippen LogP contribution in [-0.4, -0.2) is 30.3 Å². The third-order valence-electron chi connectivity index (χ3n) is 3.40. The predicted molar refractivity (Wildman–Crippen MR) is 84.0 cm³/mol. The Bertz CT molecular complexity index is 545. The predicted octanol–water partition coefficient (Wildman–Crippen LogP) is 2.73. The van der Waals surface area contributed by atoms with Crippen LogP contribution in [0, 0.1) is 13.8 Å². The van der Waals surface area contributed by atoms with Gasteiger partial charge in [-0.25, -0.2) is 0 Å². The molecule has 0 radical (unpaired) electrons. The van der Waals surface area contributed by atoms with Crippen molar-refractivity contribution < 1.29 is 14.6 Å². The summed E-state index contributed by atoms with van der Waals surface area (Å²) >= 11 is 0. The SMILES string of the molecule is Cc1cc(OCCCCN=[N+]=[N-])cc(C)c1CC(N)C(=O)O. The Kier molecular flexibility index (Phi) is 7.22. The zero-order valence-corrected chi connectivity index (χ0v) is 13.0. The van der Waals surface area contributed by atoms with Crippen LogP contribution in [0.4, 0.5) is 0 Å². The van der Waals surface area contributed by atoms with Crippen molar-refractivity contribution in [2.45, 2.75) is 39.2 Å². The standard InChI is InChI=1S/C15H22N4O3/c1-10-7-12(22-6-4-3-5-18-19-17)8-11(2)13(10)9-14(16)15(20)21/h7-8,14H,3-6,9,16H2,1-2H3,(H,20,21). The first-order valence-corrected chi connectivity index (χ1v) is 7.18. The first-order valence-electron chi connectivity index (χ1n) is 7.18. The quantitative estimate of drug-likeness (QED) is 0.315. The number of nitrogens with zero attached hydrogens (tertiary/aromatic N) is 3. The zero-order chi connectivity index (χ0) is 16.5. The van der Waals surface area contributed by atoms with Crippen LogP contribution < -0.4 is 10.5 Å². The van der Waals surface area contributed by atoms with Gasteiger partial charge in [-0.3, -0.25) is 4.79 Å². The third kappa shape index (κ3) is 5.63. The molecule has 7 heteroatoms. The summed E-state index contributed by atoms with van der Waals surface area (Å²) in [6, 6.07) is 2.89. The second-order valence-corrected chi connectivity index (χ2v) is 5.19. The summed E-state index contributed by atoms with van der Waals surface area (Å²) in [6.45, 7) is 4.87. The molecular formula is C15H22N4O3. The lowest BCUT2D eigenvalue weighted by molar-refractivity contribution is -0.138. The van der Waals surface area contributed by atoms with Crippen LogP contribution in [0.15, 0.2) is 17.2 Å². The summed E-state index contributed by atoms with van der Waals surface area (Å²) in [5.74, 6) is -0.245. The molecule has 120 valence electrons. The molecule has 0 spiro atoms. The molecule has 1 unspecified atom stereocenters. The molecule has 0 amide bonds. The molecule has 1 aromatic rings. The van der Waals surface area contributed by atoms with Gasteiger partial charge in [0.2, 0.25) is 0 Å². The number of aliphatic carboxylic acids is 1. The summed E-state index contributed by atoms with van der Waals surface area (Å²) in [6.07, 6.45) is 1.90. The van der Waals surface area contributed by atoms with Crippen molar-refractivity contribution in [1.82, 2.24) is 0 Å². The molecule has 1 rings (SSSR count). The van der Waals surface area contributed by atoms with Gasteiger partial charge in [0, 0.05) is 11.5 Å². The normalized spacial score (nSPS) is 11.6. The Balaban J connectivity index is 2.61. The second-order valence-electron chi connectivity index (χ2n) is 5.19. The maximum atomic E-state index is 10.9. The van der Waals surface area contributed by atoms with Gasteiger partial charge in [0.1, 0.15) is 11.8 Å². The number of nitrogens with two attached hydrogens (primary N) is 1. The number of aryl methyl sites for hydroxylation is 2. The Morgan fingerprint density at radius 1 is 1.41 bits per heavy atom. The minimum absolute atomic E-state index is 0.305. The first kappa shape index (κ1) is 17.8. The zero-order valence-electron chi connectivity index (χ0n) is 13.0. The molecule has 0 saturated heterocycles. The largest absolute Gasteiger partial charge is 0.494 e. The lowest BCUT2D eigenvalue weighted by Crippen LogP contribution is -2.32. The van der Waals surface area contributed by atoms with Gasteiger partial charge in [0.15, 0.2) is 0 Å². The van der Waals surface area contributed by atoms with Crippen molar-refractivity contribution in [3.63, 3.8) is 0 Å². The number of hydrogen-bond acceptors (Lipinski definition) is 4. The number of benzene rings is 1. The lowest BCUT2D eigenvalue weighted by Gasteiger charge is -2.15. The fourth-order valence-electron chi connectivity index (χ4n) is 2.19. The number of carboxylic acids is 1. The van der Waals surface area contributed by atoms with Crippen LogP contribution in [-0.2, 0) is 11.2 Å². The third-order valence-corrected chi connectivity index (χ3v) is 3.40. The van der Waals surface area contributed by atoms with E-state index in [4.69, 9.17) is 21.1 Å². The van der Waals surface area contributed by atoms with Crippen molar-refractivity contribution in [2.75, 3.05) is 13.2 Å². The Labute approximate surface area is 129 Å². The number of carbonyl (C=O) groups is 1. The molecule has 0 aromatic heterocycles. The van der Waals surface area contributed by atoms with E-state index in [1.165, 1.54) is 0 Å². The highest BCUT2D eigenvalue weighted by atomic mass is 16.5. The highest BCUT2D eigenvalue weighted by Crippen LogP contribution is 2.23. The molecule has 1 aromatic carbocycles. The number of azide groups is 1. The van der Waals surface area contributed by atoms with E-state index in [0.717, 1.165) is 35.3 Å². The van der Waals surface area contributed by atoms with Gasteiger partial charge in [0.25, 0.3) is 0 Å². The number of ether oxygens (including phenoxy) is 1. The average Bonchev–Trinajstić information content (AvgIpc) is 2.46. The van der Waals surface area contributed by atoms with Crippen molar-refractivity contribution >= 4 is 5.97 Å². The van der Waals surface area contributed by atoms with Crippen LogP contribution >= 0.6 is 0 Å². The van der Waals surface area contributed by atoms with Gasteiger partial charge in [-0.1, -0.05) is 5.11 Å². The second kappa shape index (κ2) is 8.92. The molecule has 0 fully saturated rings. The summed E-state index contributed by atoms with van der Waals surface area (Å²) in [4.78, 5) is 13.6. The van der Waals surface area contributed by atoms with E-state index < -0.39 is 12.0 Å². The molecule has 3 N–H and O–H groups in total. The first-order chi connectivity index (χ1) is 10.5. The van der Waals surface area contributed by atoms with E-state index in [1.54, 1.807) is 0 Å². The molecule has 0 saturated carbocycles. The Morgan fingerprint density at radius 2 is 2.05 bits per heavy atom. The van der Waals surface area contributed by atoms with Crippen LogP contribution in [0.2, 0.25) is 0 Å². The van der Waals surface area contributed by atoms with Crippen LogP contribution in [0.5, 0.6) is 5.75 Å². The Hall–Kier alpha value is -2.24. The number of unbranched alkanes of at least 4 members (excludes halogenated alkanes) is 1. The van der Waals surface area contributed by atoms with Gasteiger partial charge in [-0.15, -0.1) is 0 Å². The molecule has 0 aliphatic carbocycles. The van der Waals surface area contributed by atoms with E-state index >= 15 is 0 Å². The highest BCUT2D eigenvalue weighted by Gasteiger charge is 2.15. The molecule has 0 aliphatic rings. The van der Waals surface area contributed by atoms with Gasteiger partial charge in [0.05, 0.1) is 6.61 Å². The van der Waals surface area contributed by atoms with Crippen molar-refractivity contribution in [3.8, 4) is 5.75 Å². The van der Waals surface area contributed by atoms with Gasteiger partial charge < -0.3 is 15.6 Å². The van der Waals surface area contributed by atoms with Gasteiger partial charge >= 0.3 is 5.97 Å². The summed E-state index contributed by atoms with van der Waals surface area (Å²) in [5, 5.41) is 12.4. The molecule has 0 heterocycles. The maximum Gasteiger partial charge on any atom is 0.320 e. The van der Waals surface area contributed by atoms with Crippen molar-refractivity contribution in [1.29, 1.82) is 0 Å². The summed E-state index contributed by atoms with van der Waals surface area (Å²) in [5.41, 5.74) is 16.7. The van der Waals surface area contributed by atoms with Crippen LogP contribution in [0.1, 0.15) is 29.5 Å². The summed E-state index contributed by atoms with van der Waals surface area (Å²) < 4.78 is 5.67. The van der Waals surface area contributed by atoms with E-state index in [2.05, 4.69) is 10.0 Å². The molecule has 0 bridgehead atoms. The van der Waals surface area contributed by atoms with E-state index in [9.17, 15) is 4.79 Å². The number of carboxylic acid groups (broad SMARTS) is 1. The minimum Gasteiger partial charge on any atom is -0.494 e. The molecular weight excluding hydrogens is 284 g/mol. The Morgan fingerprint density at radius 3 is 2.59 bits per heavy atom. The molecule has 7 nitrogen and oxygen atoms in total. The van der Waals surface area contributed by atoms with Crippen LogP contribution in [0.25, 0.3) is 10.4 Å². The number of hydrogen-bond donors (Lipinski definition) is 2. The van der Waals surface area contributed by atoms with Crippen molar-refractivity contribution in [2.24, 2.45) is 10.8 Å². The van der Waals surface area contributed by atoms with E-state index in [-0.39, 0.29) is 0 Å². The minimum atomic E-state index is -1.00. The van der Waals surface area contributed by atoms with E-state index in [0.29, 0.717) is 19.6 Å². The number of rotatable bonds is 9. The highest BCUT2D eigenvalue weighted by molar-refractivity contribution is 5.73. The van der Waals surface area contributed by atoms with Gasteiger partial charge in [-0.2, -0.15) is 0 Å². The van der Waals surface area contributed by atoms with Crippen LogP contribution in [0.3, 0.4) is 0 Å². The fraction of sp³-hybridized carbons (Fsp3) is 0.533. The topological polar surface area (TPSA) is 121 Å². The molecule has 1 atom stereocenters. The van der Waals surface area contributed by atoms with Gasteiger partial charge in [-0.05, 0) is 67.5 Å². The monoisotopic (exact) mass is 306 g/mol. The summed E-state index contributed by atoms with van der Waals surface area (Å²) in [7, 11) is 0. The molecule has 0 aliphatic heterocycles.